The van der Waals surface area contributed by atoms with Crippen molar-refractivity contribution in [3.05, 3.63) is 22.4 Å². The van der Waals surface area contributed by atoms with Crippen LogP contribution in [-0.4, -0.2) is 49.0 Å². The standard InChI is InChI=1S/C15H23N3O4S/c1-4-18(10-14(20)17-15(21)22-5-2)9-13(19)16-11(3)12-7-6-8-23-12/h6-8,11H,4-5,9-10H2,1-3H3,(H,16,19)(H,17,20,21)/t11-/m1/s1. The van der Waals surface area contributed by atoms with Crippen molar-refractivity contribution in [1.82, 2.24) is 15.5 Å². The number of carbonyl (C=O) groups is 3. The third-order valence-corrected chi connectivity index (χ3v) is 4.10. The Morgan fingerprint density at radius 3 is 2.52 bits per heavy atom. The van der Waals surface area contributed by atoms with E-state index in [1.807, 2.05) is 31.4 Å². The SMILES string of the molecule is CCOC(=O)NC(=O)CN(CC)CC(=O)N[C@H](C)c1cccs1. The molecule has 0 aliphatic rings. The first-order valence-electron chi connectivity index (χ1n) is 7.48. The lowest BCUT2D eigenvalue weighted by Crippen LogP contribution is -2.44. The number of carbonyl (C=O) groups excluding carboxylic acids is 3. The van der Waals surface area contributed by atoms with Gasteiger partial charge in [-0.2, -0.15) is 0 Å². The molecule has 0 spiro atoms. The highest BCUT2D eigenvalue weighted by Gasteiger charge is 2.17. The number of likely N-dealkylation sites (N-methyl/N-ethyl adjacent to an activating group) is 1. The lowest BCUT2D eigenvalue weighted by Gasteiger charge is -2.20. The summed E-state index contributed by atoms with van der Waals surface area (Å²) < 4.78 is 4.64. The zero-order valence-corrected chi connectivity index (χ0v) is 14.4. The fraction of sp³-hybridized carbons (Fsp3) is 0.533. The van der Waals surface area contributed by atoms with Crippen LogP contribution in [0.15, 0.2) is 17.5 Å². The van der Waals surface area contributed by atoms with Crippen LogP contribution in [0.1, 0.15) is 31.7 Å². The van der Waals surface area contributed by atoms with Crippen molar-refractivity contribution in [1.29, 1.82) is 0 Å². The maximum absolute atomic E-state index is 12.1. The predicted molar refractivity (Wildman–Crippen MR) is 88.2 cm³/mol. The highest BCUT2D eigenvalue weighted by molar-refractivity contribution is 7.10. The van der Waals surface area contributed by atoms with Gasteiger partial charge in [-0.05, 0) is 31.8 Å². The van der Waals surface area contributed by atoms with Gasteiger partial charge in [-0.25, -0.2) is 4.79 Å². The molecule has 0 fully saturated rings. The third kappa shape index (κ3) is 7.25. The molecule has 0 aromatic carbocycles. The minimum atomic E-state index is -0.774. The second-order valence-electron chi connectivity index (χ2n) is 4.88. The monoisotopic (exact) mass is 341 g/mol. The fourth-order valence-corrected chi connectivity index (χ4v) is 2.64. The van der Waals surface area contributed by atoms with E-state index in [2.05, 4.69) is 15.4 Å². The molecule has 1 heterocycles. The van der Waals surface area contributed by atoms with E-state index in [-0.39, 0.29) is 31.6 Å². The van der Waals surface area contributed by atoms with Crippen molar-refractivity contribution in [3.63, 3.8) is 0 Å². The number of ether oxygens (including phenoxy) is 1. The normalized spacial score (nSPS) is 11.8. The number of rotatable bonds is 8. The molecule has 1 aromatic rings. The van der Waals surface area contributed by atoms with Crippen LogP contribution in [0.4, 0.5) is 4.79 Å². The summed E-state index contributed by atoms with van der Waals surface area (Å²) in [7, 11) is 0. The molecule has 23 heavy (non-hydrogen) atoms. The fourth-order valence-electron chi connectivity index (χ4n) is 1.90. The van der Waals surface area contributed by atoms with Crippen LogP contribution in [0.25, 0.3) is 0 Å². The average molecular weight is 341 g/mol. The largest absolute Gasteiger partial charge is 0.450 e. The second kappa shape index (κ2) is 9.96. The molecule has 0 unspecified atom stereocenters. The highest BCUT2D eigenvalue weighted by Crippen LogP contribution is 2.17. The third-order valence-electron chi connectivity index (χ3n) is 3.05. The predicted octanol–water partition coefficient (Wildman–Crippen LogP) is 1.52. The topological polar surface area (TPSA) is 87.7 Å². The summed E-state index contributed by atoms with van der Waals surface area (Å²) in [6, 6.07) is 3.82. The summed E-state index contributed by atoms with van der Waals surface area (Å²) in [5.74, 6) is -0.666. The van der Waals surface area contributed by atoms with Crippen molar-refractivity contribution in [2.24, 2.45) is 0 Å². The highest BCUT2D eigenvalue weighted by atomic mass is 32.1. The van der Waals surface area contributed by atoms with Gasteiger partial charge in [0.15, 0.2) is 0 Å². The van der Waals surface area contributed by atoms with E-state index in [0.717, 1.165) is 4.88 Å². The van der Waals surface area contributed by atoms with E-state index in [0.29, 0.717) is 6.54 Å². The molecule has 0 radical (unpaired) electrons. The van der Waals surface area contributed by atoms with E-state index in [1.165, 1.54) is 0 Å². The molecule has 1 aromatic heterocycles. The summed E-state index contributed by atoms with van der Waals surface area (Å²) >= 11 is 1.58. The molecule has 0 aliphatic carbocycles. The van der Waals surface area contributed by atoms with Crippen molar-refractivity contribution >= 4 is 29.2 Å². The van der Waals surface area contributed by atoms with Crippen molar-refractivity contribution in [2.75, 3.05) is 26.2 Å². The molecule has 7 nitrogen and oxygen atoms in total. The molecular formula is C15H23N3O4S. The van der Waals surface area contributed by atoms with Crippen LogP contribution in [0.2, 0.25) is 0 Å². The minimum Gasteiger partial charge on any atom is -0.450 e. The Kier molecular flexibility index (Phi) is 8.28. The molecule has 0 aliphatic heterocycles. The first kappa shape index (κ1) is 19.1. The van der Waals surface area contributed by atoms with Gasteiger partial charge in [0.1, 0.15) is 0 Å². The van der Waals surface area contributed by atoms with Gasteiger partial charge in [-0.1, -0.05) is 13.0 Å². The summed E-state index contributed by atoms with van der Waals surface area (Å²) in [6.45, 7) is 6.15. The van der Waals surface area contributed by atoms with Crippen LogP contribution in [0.5, 0.6) is 0 Å². The maximum atomic E-state index is 12.1. The van der Waals surface area contributed by atoms with E-state index in [9.17, 15) is 14.4 Å². The summed E-state index contributed by atoms with van der Waals surface area (Å²) in [4.78, 5) is 37.6. The zero-order valence-electron chi connectivity index (χ0n) is 13.6. The average Bonchev–Trinajstić information content (AvgIpc) is 3.00. The molecule has 128 valence electrons. The van der Waals surface area contributed by atoms with E-state index in [4.69, 9.17) is 0 Å². The van der Waals surface area contributed by atoms with Gasteiger partial charge >= 0.3 is 6.09 Å². The molecule has 2 N–H and O–H groups in total. The van der Waals surface area contributed by atoms with Gasteiger partial charge in [0.25, 0.3) is 0 Å². The Bertz CT molecular complexity index is 519. The Hall–Kier alpha value is -1.93. The van der Waals surface area contributed by atoms with Crippen LogP contribution in [0.3, 0.4) is 0 Å². The molecule has 1 rings (SSSR count). The van der Waals surface area contributed by atoms with Crippen molar-refractivity contribution < 1.29 is 19.1 Å². The second-order valence-corrected chi connectivity index (χ2v) is 5.86. The number of nitrogens with zero attached hydrogens (tertiary/aromatic N) is 1. The van der Waals surface area contributed by atoms with Gasteiger partial charge in [0.05, 0.1) is 25.7 Å². The molecule has 3 amide bonds. The van der Waals surface area contributed by atoms with Gasteiger partial charge in [0.2, 0.25) is 11.8 Å². The van der Waals surface area contributed by atoms with Gasteiger partial charge < -0.3 is 10.1 Å². The Labute approximate surface area is 140 Å². The number of imide groups is 1. The van der Waals surface area contributed by atoms with Crippen LogP contribution >= 0.6 is 11.3 Å². The number of alkyl carbamates (subject to hydrolysis) is 1. The van der Waals surface area contributed by atoms with Crippen LogP contribution in [-0.2, 0) is 14.3 Å². The van der Waals surface area contributed by atoms with E-state index in [1.54, 1.807) is 23.2 Å². The Morgan fingerprint density at radius 1 is 1.26 bits per heavy atom. The van der Waals surface area contributed by atoms with Gasteiger partial charge in [0, 0.05) is 4.88 Å². The molecule has 0 saturated carbocycles. The number of hydrogen-bond donors (Lipinski definition) is 2. The first-order chi connectivity index (χ1) is 11.0. The number of hydrogen-bond acceptors (Lipinski definition) is 6. The zero-order chi connectivity index (χ0) is 17.2. The van der Waals surface area contributed by atoms with E-state index >= 15 is 0 Å². The van der Waals surface area contributed by atoms with Crippen molar-refractivity contribution in [3.8, 4) is 0 Å². The Morgan fingerprint density at radius 2 is 1.96 bits per heavy atom. The Balaban J connectivity index is 2.41. The minimum absolute atomic E-state index is 0.0455. The molecule has 1 atom stereocenters. The molecule has 0 saturated heterocycles. The lowest BCUT2D eigenvalue weighted by molar-refractivity contribution is -0.125. The first-order valence-corrected chi connectivity index (χ1v) is 8.35. The summed E-state index contributed by atoms with van der Waals surface area (Å²) in [5, 5.41) is 6.95. The molecule has 0 bridgehead atoms. The number of amides is 3. The quantitative estimate of drug-likeness (QED) is 0.748. The van der Waals surface area contributed by atoms with E-state index < -0.39 is 12.0 Å². The lowest BCUT2D eigenvalue weighted by atomic mass is 10.2. The smallest absolute Gasteiger partial charge is 0.413 e. The molecular weight excluding hydrogens is 318 g/mol. The molecule has 8 heteroatoms. The number of thiophene rings is 1. The maximum Gasteiger partial charge on any atom is 0.413 e. The van der Waals surface area contributed by atoms with Crippen molar-refractivity contribution in [2.45, 2.75) is 26.8 Å². The summed E-state index contributed by atoms with van der Waals surface area (Å²) in [6.07, 6.45) is -0.774. The summed E-state index contributed by atoms with van der Waals surface area (Å²) in [5.41, 5.74) is 0. The van der Waals surface area contributed by atoms with Gasteiger partial charge in [-0.3, -0.25) is 19.8 Å². The number of nitrogens with one attached hydrogen (secondary N) is 2. The van der Waals surface area contributed by atoms with Crippen LogP contribution in [0, 0.1) is 0 Å². The van der Waals surface area contributed by atoms with Crippen LogP contribution < -0.4 is 10.6 Å². The van der Waals surface area contributed by atoms with Gasteiger partial charge in [-0.15, -0.1) is 11.3 Å².